The lowest BCUT2D eigenvalue weighted by molar-refractivity contribution is 0.0318. The van der Waals surface area contributed by atoms with Gasteiger partial charge in [0.05, 0.1) is 35.1 Å². The van der Waals surface area contributed by atoms with Gasteiger partial charge in [-0.05, 0) is 62.6 Å². The summed E-state index contributed by atoms with van der Waals surface area (Å²) >= 11 is 0.948. The molecular weight excluding hydrogens is 524 g/mol. The predicted octanol–water partition coefficient (Wildman–Crippen LogP) is 5.59. The number of amides is 1. The highest BCUT2D eigenvalue weighted by molar-refractivity contribution is 8.24. The lowest BCUT2D eigenvalue weighted by Gasteiger charge is -2.38. The average molecular weight is 554 g/mol. The van der Waals surface area contributed by atoms with Crippen molar-refractivity contribution < 1.29 is 32.5 Å². The smallest absolute Gasteiger partial charge is 0.251 e. The number of hydrogen-bond donors (Lipinski definition) is 5. The van der Waals surface area contributed by atoms with E-state index in [1.807, 2.05) is 0 Å². The number of carbonyl (C=O) groups is 1. The van der Waals surface area contributed by atoms with E-state index in [1.54, 1.807) is 18.2 Å². The molecule has 0 unspecified atom stereocenters. The van der Waals surface area contributed by atoms with E-state index in [0.717, 1.165) is 23.5 Å². The van der Waals surface area contributed by atoms with E-state index < -0.39 is 33.7 Å². The number of primary amides is 1. The van der Waals surface area contributed by atoms with Crippen molar-refractivity contribution in [1.29, 1.82) is 0 Å². The van der Waals surface area contributed by atoms with Gasteiger partial charge in [0.1, 0.15) is 22.5 Å². The third-order valence-electron chi connectivity index (χ3n) is 6.04. The first-order valence-corrected chi connectivity index (χ1v) is 14.3. The fourth-order valence-corrected chi connectivity index (χ4v) is 6.56. The minimum atomic E-state index is -2.48. The number of nitrogens with zero attached hydrogens (tertiary/aromatic N) is 1. The fraction of sp³-hybridized carbons (Fsp3) is 0.360. The molecular formula is C25H29F2N3O5S2. The number of hydrogen-bond acceptors (Lipinski definition) is 8. The van der Waals surface area contributed by atoms with Crippen molar-refractivity contribution in [3.63, 3.8) is 0 Å². The van der Waals surface area contributed by atoms with Gasteiger partial charge < -0.3 is 20.9 Å². The summed E-state index contributed by atoms with van der Waals surface area (Å²) in [4.78, 5) is 16.7. The molecule has 0 bridgehead atoms. The van der Waals surface area contributed by atoms with E-state index in [4.69, 9.17) is 10.5 Å². The molecule has 0 atom stereocenters. The van der Waals surface area contributed by atoms with Crippen LogP contribution in [0.15, 0.2) is 36.4 Å². The molecule has 200 valence electrons. The van der Waals surface area contributed by atoms with Crippen LogP contribution in [0.4, 0.5) is 19.6 Å². The summed E-state index contributed by atoms with van der Waals surface area (Å²) in [6, 6.07) is 8.64. The molecule has 1 fully saturated rings. The quantitative estimate of drug-likeness (QED) is 0.245. The molecule has 0 spiro atoms. The van der Waals surface area contributed by atoms with Crippen molar-refractivity contribution in [2.75, 3.05) is 16.8 Å². The molecule has 3 aromatic rings. The highest BCUT2D eigenvalue weighted by atomic mass is 32.3. The highest BCUT2D eigenvalue weighted by Crippen LogP contribution is 2.44. The Balaban J connectivity index is 1.54. The number of halogens is 2. The maximum Gasteiger partial charge on any atom is 0.251 e. The minimum absolute atomic E-state index is 0.0509. The van der Waals surface area contributed by atoms with Crippen molar-refractivity contribution >= 4 is 38.7 Å². The van der Waals surface area contributed by atoms with Crippen LogP contribution in [0.1, 0.15) is 48.3 Å². The second-order valence-corrected chi connectivity index (χ2v) is 12.9. The molecule has 0 aliphatic carbocycles. The number of aliphatic hydroxyl groups is 1. The van der Waals surface area contributed by atoms with Gasteiger partial charge in [0.15, 0.2) is 0 Å². The molecule has 1 amide bonds. The standard InChI is InChI=1S/C25H29F2N3O5S2/c1-25(2,32)14-10-18(26)22(19(27)11-14)20-12-17(23(28)31)24(36-20)30-21-5-3-4-15(29-21)13-35-16-6-8-37(33,34)9-7-16/h3-5,10-12,16,32-34H,6-9,13H2,1-2H3,(H2,28,31)(H,29,30). The molecule has 1 aromatic carbocycles. The van der Waals surface area contributed by atoms with Crippen LogP contribution >= 0.6 is 21.9 Å². The molecule has 8 nitrogen and oxygen atoms in total. The van der Waals surface area contributed by atoms with Crippen LogP contribution in [-0.4, -0.2) is 42.7 Å². The molecule has 6 N–H and O–H groups in total. The number of thiophene rings is 1. The number of rotatable bonds is 8. The Morgan fingerprint density at radius 3 is 2.46 bits per heavy atom. The van der Waals surface area contributed by atoms with Gasteiger partial charge in [-0.2, -0.15) is 10.6 Å². The zero-order valence-corrected chi connectivity index (χ0v) is 22.0. The Bertz CT molecular complexity index is 1280. The second kappa shape index (κ2) is 10.6. The van der Waals surface area contributed by atoms with Crippen molar-refractivity contribution in [2.24, 2.45) is 5.73 Å². The van der Waals surface area contributed by atoms with Crippen LogP contribution in [0.3, 0.4) is 0 Å². The maximum atomic E-state index is 14.9. The average Bonchev–Trinajstić information content (AvgIpc) is 3.21. The van der Waals surface area contributed by atoms with E-state index in [0.29, 0.717) is 35.9 Å². The molecule has 0 radical (unpaired) electrons. The number of ether oxygens (including phenoxy) is 1. The van der Waals surface area contributed by atoms with Gasteiger partial charge in [0.2, 0.25) is 0 Å². The minimum Gasteiger partial charge on any atom is -0.386 e. The molecule has 4 rings (SSSR count). The van der Waals surface area contributed by atoms with Crippen LogP contribution in [0.25, 0.3) is 10.4 Å². The second-order valence-electron chi connectivity index (χ2n) is 9.45. The number of nitrogens with one attached hydrogen (secondary N) is 1. The Morgan fingerprint density at radius 1 is 1.22 bits per heavy atom. The van der Waals surface area contributed by atoms with Crippen molar-refractivity contribution in [3.8, 4) is 10.4 Å². The van der Waals surface area contributed by atoms with Gasteiger partial charge in [0, 0.05) is 16.4 Å². The molecule has 1 aliphatic heterocycles. The molecule has 1 saturated heterocycles. The van der Waals surface area contributed by atoms with Crippen LogP contribution in [-0.2, 0) is 16.9 Å². The predicted molar refractivity (Wildman–Crippen MR) is 141 cm³/mol. The highest BCUT2D eigenvalue weighted by Gasteiger charge is 2.26. The van der Waals surface area contributed by atoms with Crippen molar-refractivity contribution in [1.82, 2.24) is 4.98 Å². The first-order valence-electron chi connectivity index (χ1n) is 11.6. The van der Waals surface area contributed by atoms with E-state index in [2.05, 4.69) is 10.3 Å². The van der Waals surface area contributed by atoms with Crippen LogP contribution in [0, 0.1) is 11.6 Å². The summed E-state index contributed by atoms with van der Waals surface area (Å²) in [7, 11) is -2.48. The summed E-state index contributed by atoms with van der Waals surface area (Å²) < 4.78 is 55.2. The van der Waals surface area contributed by atoms with E-state index in [1.165, 1.54) is 19.9 Å². The topological polar surface area (TPSA) is 138 Å². The summed E-state index contributed by atoms with van der Waals surface area (Å²) in [6.07, 6.45) is 1.03. The Hall–Kier alpha value is -2.61. The van der Waals surface area contributed by atoms with Crippen molar-refractivity contribution in [3.05, 3.63) is 64.9 Å². The largest absolute Gasteiger partial charge is 0.386 e. The zero-order chi connectivity index (χ0) is 27.0. The van der Waals surface area contributed by atoms with Gasteiger partial charge in [-0.15, -0.1) is 11.3 Å². The van der Waals surface area contributed by atoms with E-state index in [-0.39, 0.29) is 39.3 Å². The Kier molecular flexibility index (Phi) is 7.88. The third-order valence-corrected chi connectivity index (χ3v) is 8.89. The molecule has 1 aliphatic rings. The fourth-order valence-electron chi connectivity index (χ4n) is 3.95. The number of benzene rings is 1. The Labute approximate surface area is 218 Å². The van der Waals surface area contributed by atoms with Gasteiger partial charge in [-0.3, -0.25) is 13.9 Å². The number of pyridine rings is 1. The monoisotopic (exact) mass is 553 g/mol. The van der Waals surface area contributed by atoms with E-state index in [9.17, 15) is 27.8 Å². The molecule has 12 heteroatoms. The molecule has 37 heavy (non-hydrogen) atoms. The molecule has 2 aromatic heterocycles. The summed E-state index contributed by atoms with van der Waals surface area (Å²) in [5, 5.41) is 13.4. The number of nitrogens with two attached hydrogens (primary N) is 1. The zero-order valence-electron chi connectivity index (χ0n) is 20.3. The number of anilines is 2. The third kappa shape index (κ3) is 6.64. The molecule has 0 saturated carbocycles. The SMILES string of the molecule is CC(C)(O)c1cc(F)c(-c2cc(C(N)=O)c(Nc3cccc(COC4CCS(O)(O)CC4)n3)s2)c(F)c1. The van der Waals surface area contributed by atoms with Gasteiger partial charge in [-0.1, -0.05) is 6.07 Å². The van der Waals surface area contributed by atoms with Crippen LogP contribution in [0.2, 0.25) is 0 Å². The first-order chi connectivity index (χ1) is 17.3. The lowest BCUT2D eigenvalue weighted by Crippen LogP contribution is -2.26. The van der Waals surface area contributed by atoms with Gasteiger partial charge in [-0.25, -0.2) is 13.8 Å². The van der Waals surface area contributed by atoms with Gasteiger partial charge >= 0.3 is 0 Å². The maximum absolute atomic E-state index is 14.9. The summed E-state index contributed by atoms with van der Waals surface area (Å²) in [5.74, 6) is -1.49. The number of carbonyl (C=O) groups excluding carboxylic acids is 1. The number of aromatic nitrogens is 1. The van der Waals surface area contributed by atoms with Crippen LogP contribution < -0.4 is 11.1 Å². The summed E-state index contributed by atoms with van der Waals surface area (Å²) in [6.45, 7) is 3.06. The van der Waals surface area contributed by atoms with Crippen LogP contribution in [0.5, 0.6) is 0 Å². The lowest BCUT2D eigenvalue weighted by atomic mass is 9.96. The Morgan fingerprint density at radius 2 is 1.86 bits per heavy atom. The van der Waals surface area contributed by atoms with Crippen molar-refractivity contribution in [2.45, 2.75) is 45.0 Å². The summed E-state index contributed by atoms with van der Waals surface area (Å²) in [5.41, 5.74) is 4.52. The molecule has 3 heterocycles. The van der Waals surface area contributed by atoms with E-state index >= 15 is 0 Å². The normalized spacial score (nSPS) is 16.9. The van der Waals surface area contributed by atoms with Gasteiger partial charge in [0.25, 0.3) is 5.91 Å². The first kappa shape index (κ1) is 27.4.